The summed E-state index contributed by atoms with van der Waals surface area (Å²) < 4.78 is 26.5. The Morgan fingerprint density at radius 2 is 2.26 bits per heavy atom. The Bertz CT molecular complexity index is 586. The molecule has 0 aliphatic carbocycles. The van der Waals surface area contributed by atoms with Crippen molar-refractivity contribution in [1.82, 2.24) is 4.31 Å². The van der Waals surface area contributed by atoms with Gasteiger partial charge in [0.1, 0.15) is 0 Å². The van der Waals surface area contributed by atoms with Crippen molar-refractivity contribution in [2.45, 2.75) is 17.7 Å². The average molecular weight is 282 g/mol. The lowest BCUT2D eigenvalue weighted by Gasteiger charge is -2.17. The number of anilines is 1. The van der Waals surface area contributed by atoms with Gasteiger partial charge in [0.2, 0.25) is 10.0 Å². The van der Waals surface area contributed by atoms with Crippen LogP contribution < -0.4 is 5.32 Å². The normalized spacial score (nSPS) is 23.3. The summed E-state index contributed by atoms with van der Waals surface area (Å²) in [6.07, 6.45) is 1.69. The van der Waals surface area contributed by atoms with Crippen LogP contribution in [-0.4, -0.2) is 44.1 Å². The smallest absolute Gasteiger partial charge is 0.243 e. The molecular weight excluding hydrogens is 264 g/mol. The van der Waals surface area contributed by atoms with Crippen LogP contribution in [0, 0.1) is 5.92 Å². The van der Waals surface area contributed by atoms with Gasteiger partial charge in [0.25, 0.3) is 0 Å². The maximum atomic E-state index is 12.5. The van der Waals surface area contributed by atoms with Crippen molar-refractivity contribution < 1.29 is 13.5 Å². The monoisotopic (exact) mass is 282 g/mol. The van der Waals surface area contributed by atoms with Gasteiger partial charge in [-0.05, 0) is 36.5 Å². The molecule has 1 saturated heterocycles. The number of hydrogen-bond acceptors (Lipinski definition) is 4. The van der Waals surface area contributed by atoms with Crippen LogP contribution >= 0.6 is 0 Å². The minimum absolute atomic E-state index is 0.0533. The molecule has 0 aromatic heterocycles. The van der Waals surface area contributed by atoms with E-state index in [0.717, 1.165) is 25.1 Å². The minimum atomic E-state index is -3.42. The number of nitrogens with zero attached hydrogens (tertiary/aromatic N) is 1. The van der Waals surface area contributed by atoms with Crippen molar-refractivity contribution in [3.8, 4) is 0 Å². The van der Waals surface area contributed by atoms with Gasteiger partial charge >= 0.3 is 0 Å². The van der Waals surface area contributed by atoms with Crippen LogP contribution in [-0.2, 0) is 16.4 Å². The lowest BCUT2D eigenvalue weighted by atomic mass is 10.1. The molecule has 0 amide bonds. The first-order valence-corrected chi connectivity index (χ1v) is 8.03. The van der Waals surface area contributed by atoms with Crippen molar-refractivity contribution in [2.75, 3.05) is 31.6 Å². The van der Waals surface area contributed by atoms with Gasteiger partial charge in [0.05, 0.1) is 4.90 Å². The lowest BCUT2D eigenvalue weighted by Crippen LogP contribution is -2.29. The molecule has 2 N–H and O–H groups in total. The standard InChI is InChI=1S/C13H18N2O3S/c16-9-10-4-6-15(8-10)19(17,18)12-2-1-11-3-5-14-13(11)7-12/h1-2,7,10,14,16H,3-6,8-9H2. The van der Waals surface area contributed by atoms with E-state index in [1.54, 1.807) is 12.1 Å². The van der Waals surface area contributed by atoms with Crippen LogP contribution in [0.25, 0.3) is 0 Å². The number of aliphatic hydroxyl groups excluding tert-OH is 1. The summed E-state index contributed by atoms with van der Waals surface area (Å²) in [5.41, 5.74) is 2.10. The van der Waals surface area contributed by atoms with E-state index < -0.39 is 10.0 Å². The van der Waals surface area contributed by atoms with E-state index in [0.29, 0.717) is 18.0 Å². The molecule has 104 valence electrons. The molecule has 0 spiro atoms. The average Bonchev–Trinajstić information content (AvgIpc) is 3.06. The first-order chi connectivity index (χ1) is 9.11. The Morgan fingerprint density at radius 1 is 1.42 bits per heavy atom. The number of aliphatic hydroxyl groups is 1. The summed E-state index contributed by atoms with van der Waals surface area (Å²) in [5, 5.41) is 12.3. The largest absolute Gasteiger partial charge is 0.396 e. The maximum absolute atomic E-state index is 12.5. The molecule has 19 heavy (non-hydrogen) atoms. The van der Waals surface area contributed by atoms with Crippen LogP contribution in [0.3, 0.4) is 0 Å². The highest BCUT2D eigenvalue weighted by Gasteiger charge is 2.32. The fraction of sp³-hybridized carbons (Fsp3) is 0.538. The van der Waals surface area contributed by atoms with Gasteiger partial charge in [0.15, 0.2) is 0 Å². The number of rotatable bonds is 3. The van der Waals surface area contributed by atoms with Crippen molar-refractivity contribution in [2.24, 2.45) is 5.92 Å². The van der Waals surface area contributed by atoms with Gasteiger partial charge in [-0.25, -0.2) is 8.42 Å². The number of hydrogen-bond donors (Lipinski definition) is 2. The second-order valence-electron chi connectivity index (χ2n) is 5.20. The van der Waals surface area contributed by atoms with Crippen LogP contribution in [0.15, 0.2) is 23.1 Å². The Hall–Kier alpha value is -1.11. The zero-order chi connectivity index (χ0) is 13.5. The van der Waals surface area contributed by atoms with E-state index in [1.165, 1.54) is 9.87 Å². The fourth-order valence-corrected chi connectivity index (χ4v) is 4.30. The molecule has 2 aliphatic heterocycles. The zero-order valence-electron chi connectivity index (χ0n) is 10.7. The summed E-state index contributed by atoms with van der Waals surface area (Å²) in [7, 11) is -3.42. The molecule has 5 nitrogen and oxygen atoms in total. The molecule has 2 aliphatic rings. The van der Waals surface area contributed by atoms with Gasteiger partial charge in [0, 0.05) is 31.9 Å². The predicted octanol–water partition coefficient (Wildman–Crippen LogP) is 0.657. The maximum Gasteiger partial charge on any atom is 0.243 e. The molecule has 1 atom stereocenters. The van der Waals surface area contributed by atoms with Gasteiger partial charge in [-0.15, -0.1) is 0 Å². The SMILES string of the molecule is O=S(=O)(c1ccc2c(c1)NCC2)N1CCC(CO)C1. The molecule has 0 bridgehead atoms. The molecule has 1 aromatic carbocycles. The van der Waals surface area contributed by atoms with Crippen molar-refractivity contribution >= 4 is 15.7 Å². The second kappa shape index (κ2) is 4.77. The summed E-state index contributed by atoms with van der Waals surface area (Å²) in [6.45, 7) is 1.84. The van der Waals surface area contributed by atoms with Crippen molar-refractivity contribution in [3.05, 3.63) is 23.8 Å². The Kier molecular flexibility index (Phi) is 3.24. The summed E-state index contributed by atoms with van der Waals surface area (Å²) >= 11 is 0. The van der Waals surface area contributed by atoms with Crippen LogP contribution in [0.5, 0.6) is 0 Å². The fourth-order valence-electron chi connectivity index (χ4n) is 2.74. The van der Waals surface area contributed by atoms with Crippen molar-refractivity contribution in [3.63, 3.8) is 0 Å². The molecule has 1 fully saturated rings. The Balaban J connectivity index is 1.88. The third-order valence-electron chi connectivity index (χ3n) is 3.94. The van der Waals surface area contributed by atoms with Gasteiger partial charge < -0.3 is 10.4 Å². The molecule has 3 rings (SSSR count). The summed E-state index contributed by atoms with van der Waals surface area (Å²) in [5.74, 6) is 0.0716. The molecule has 1 aromatic rings. The molecule has 0 saturated carbocycles. The minimum Gasteiger partial charge on any atom is -0.396 e. The predicted molar refractivity (Wildman–Crippen MR) is 72.6 cm³/mol. The van der Waals surface area contributed by atoms with Gasteiger partial charge in [-0.2, -0.15) is 4.31 Å². The van der Waals surface area contributed by atoms with E-state index in [-0.39, 0.29) is 12.5 Å². The molecule has 2 heterocycles. The third-order valence-corrected chi connectivity index (χ3v) is 5.80. The zero-order valence-corrected chi connectivity index (χ0v) is 11.5. The van der Waals surface area contributed by atoms with Crippen LogP contribution in [0.2, 0.25) is 0 Å². The number of benzene rings is 1. The summed E-state index contributed by atoms with van der Waals surface area (Å²) in [4.78, 5) is 0.347. The number of fused-ring (bicyclic) bond motifs is 1. The quantitative estimate of drug-likeness (QED) is 0.854. The highest BCUT2D eigenvalue weighted by molar-refractivity contribution is 7.89. The molecule has 0 radical (unpaired) electrons. The lowest BCUT2D eigenvalue weighted by molar-refractivity contribution is 0.233. The van der Waals surface area contributed by atoms with E-state index in [1.807, 2.05) is 6.07 Å². The van der Waals surface area contributed by atoms with Crippen LogP contribution in [0.1, 0.15) is 12.0 Å². The van der Waals surface area contributed by atoms with Gasteiger partial charge in [-0.3, -0.25) is 0 Å². The van der Waals surface area contributed by atoms with Crippen LogP contribution in [0.4, 0.5) is 5.69 Å². The highest BCUT2D eigenvalue weighted by Crippen LogP contribution is 2.29. The van der Waals surface area contributed by atoms with E-state index in [2.05, 4.69) is 5.32 Å². The number of nitrogens with one attached hydrogen (secondary N) is 1. The van der Waals surface area contributed by atoms with Crippen molar-refractivity contribution in [1.29, 1.82) is 0 Å². The topological polar surface area (TPSA) is 69.6 Å². The van der Waals surface area contributed by atoms with E-state index >= 15 is 0 Å². The number of sulfonamides is 1. The third kappa shape index (κ3) is 2.24. The van der Waals surface area contributed by atoms with E-state index in [9.17, 15) is 8.42 Å². The molecule has 6 heteroatoms. The Labute approximate surface area is 113 Å². The molecule has 1 unspecified atom stereocenters. The highest BCUT2D eigenvalue weighted by atomic mass is 32.2. The first kappa shape index (κ1) is 12.9. The first-order valence-electron chi connectivity index (χ1n) is 6.59. The summed E-state index contributed by atoms with van der Waals surface area (Å²) in [6, 6.07) is 5.30. The van der Waals surface area contributed by atoms with E-state index in [4.69, 9.17) is 5.11 Å². The second-order valence-corrected chi connectivity index (χ2v) is 7.13. The Morgan fingerprint density at radius 3 is 3.00 bits per heavy atom. The van der Waals surface area contributed by atoms with Gasteiger partial charge in [-0.1, -0.05) is 6.07 Å². The molecular formula is C13H18N2O3S.